The summed E-state index contributed by atoms with van der Waals surface area (Å²) >= 11 is 12.4. The van der Waals surface area contributed by atoms with Gasteiger partial charge in [-0.3, -0.25) is 14.7 Å². The number of rotatable bonds is 3. The van der Waals surface area contributed by atoms with E-state index in [4.69, 9.17) is 23.2 Å². The molecule has 6 heteroatoms. The summed E-state index contributed by atoms with van der Waals surface area (Å²) in [6.45, 7) is 0. The number of pyridine rings is 1. The summed E-state index contributed by atoms with van der Waals surface area (Å²) in [6, 6.07) is 16.4. The third-order valence-corrected chi connectivity index (χ3v) is 4.67. The van der Waals surface area contributed by atoms with E-state index in [1.54, 1.807) is 41.6 Å². The Kier molecular flexibility index (Phi) is 4.07. The van der Waals surface area contributed by atoms with Gasteiger partial charge in [0.05, 0.1) is 22.6 Å². The van der Waals surface area contributed by atoms with Gasteiger partial charge >= 0.3 is 0 Å². The van der Waals surface area contributed by atoms with E-state index in [2.05, 4.69) is 10.3 Å². The zero-order valence-electron chi connectivity index (χ0n) is 13.0. The molecule has 124 valence electrons. The maximum Gasteiger partial charge on any atom is 0.260 e. The first-order valence-corrected chi connectivity index (χ1v) is 8.45. The number of aromatic nitrogens is 1. The van der Waals surface area contributed by atoms with Crippen molar-refractivity contribution in [3.63, 3.8) is 0 Å². The average molecular weight is 370 g/mol. The van der Waals surface area contributed by atoms with E-state index in [-0.39, 0.29) is 5.91 Å². The highest BCUT2D eigenvalue weighted by Crippen LogP contribution is 2.39. The molecule has 1 aromatic heterocycles. The predicted molar refractivity (Wildman–Crippen MR) is 100 cm³/mol. The highest BCUT2D eigenvalue weighted by Gasteiger charge is 2.37. The highest BCUT2D eigenvalue weighted by molar-refractivity contribution is 6.35. The second-order valence-electron chi connectivity index (χ2n) is 5.64. The first kappa shape index (κ1) is 15.9. The van der Waals surface area contributed by atoms with Gasteiger partial charge in [0, 0.05) is 22.3 Å². The fraction of sp³-hybridized carbons (Fsp3) is 0.0526. The molecule has 0 bridgehead atoms. The van der Waals surface area contributed by atoms with Crippen LogP contribution in [0.25, 0.3) is 0 Å². The molecule has 1 atom stereocenters. The van der Waals surface area contributed by atoms with Crippen molar-refractivity contribution in [3.8, 4) is 0 Å². The van der Waals surface area contributed by atoms with Gasteiger partial charge < -0.3 is 5.32 Å². The Labute approximate surface area is 155 Å². The number of benzene rings is 2. The van der Waals surface area contributed by atoms with Crippen molar-refractivity contribution in [2.24, 2.45) is 0 Å². The lowest BCUT2D eigenvalue weighted by Gasteiger charge is -2.27. The standard InChI is InChI=1S/C19H13Cl2N3O/c20-12-7-8-16(21)17(10-12)23-18-14-5-1-2-6-15(14)19(25)24(18)13-4-3-9-22-11-13/h1-11,18,23H/t18-/m0/s1. The van der Waals surface area contributed by atoms with E-state index in [0.29, 0.717) is 27.0 Å². The van der Waals surface area contributed by atoms with Gasteiger partial charge in [0.1, 0.15) is 6.17 Å². The number of carbonyl (C=O) groups excluding carboxylic acids is 1. The smallest absolute Gasteiger partial charge is 0.260 e. The SMILES string of the molecule is O=C1c2ccccc2[C@@H](Nc2cc(Cl)ccc2Cl)N1c1cccnc1. The zero-order valence-corrected chi connectivity index (χ0v) is 14.5. The molecule has 0 spiro atoms. The minimum absolute atomic E-state index is 0.0840. The van der Waals surface area contributed by atoms with Crippen LogP contribution >= 0.6 is 23.2 Å². The Bertz CT molecular complexity index is 946. The van der Waals surface area contributed by atoms with Crippen molar-refractivity contribution in [1.29, 1.82) is 0 Å². The largest absolute Gasteiger partial charge is 0.360 e. The highest BCUT2D eigenvalue weighted by atomic mass is 35.5. The molecule has 1 N–H and O–H groups in total. The molecule has 0 unspecified atom stereocenters. The van der Waals surface area contributed by atoms with Gasteiger partial charge in [-0.2, -0.15) is 0 Å². The van der Waals surface area contributed by atoms with Crippen molar-refractivity contribution < 1.29 is 4.79 Å². The molecule has 0 fully saturated rings. The fourth-order valence-electron chi connectivity index (χ4n) is 2.98. The van der Waals surface area contributed by atoms with Crippen LogP contribution in [0.1, 0.15) is 22.1 Å². The third-order valence-electron chi connectivity index (χ3n) is 4.11. The number of nitrogens with zero attached hydrogens (tertiary/aromatic N) is 2. The second kappa shape index (κ2) is 6.39. The van der Waals surface area contributed by atoms with Crippen LogP contribution in [0.3, 0.4) is 0 Å². The van der Waals surface area contributed by atoms with E-state index in [1.807, 2.05) is 30.3 Å². The number of anilines is 2. The summed E-state index contributed by atoms with van der Waals surface area (Å²) in [5.41, 5.74) is 2.91. The quantitative estimate of drug-likeness (QED) is 0.693. The molecule has 1 aliphatic rings. The monoisotopic (exact) mass is 369 g/mol. The van der Waals surface area contributed by atoms with Gasteiger partial charge in [-0.15, -0.1) is 0 Å². The fourth-order valence-corrected chi connectivity index (χ4v) is 3.32. The van der Waals surface area contributed by atoms with Crippen molar-refractivity contribution in [3.05, 3.63) is 88.2 Å². The number of hydrogen-bond acceptors (Lipinski definition) is 3. The van der Waals surface area contributed by atoms with Gasteiger partial charge in [0.15, 0.2) is 0 Å². The summed E-state index contributed by atoms with van der Waals surface area (Å²) in [5, 5.41) is 4.45. The van der Waals surface area contributed by atoms with Crippen LogP contribution in [0.5, 0.6) is 0 Å². The summed E-state index contributed by atoms with van der Waals surface area (Å²) in [7, 11) is 0. The number of hydrogen-bond donors (Lipinski definition) is 1. The Morgan fingerprint density at radius 3 is 2.68 bits per heavy atom. The second-order valence-corrected chi connectivity index (χ2v) is 6.49. The van der Waals surface area contributed by atoms with E-state index in [1.165, 1.54) is 0 Å². The molecular formula is C19H13Cl2N3O. The van der Waals surface area contributed by atoms with Gasteiger partial charge in [-0.05, 0) is 36.4 Å². The van der Waals surface area contributed by atoms with Gasteiger partial charge in [0.2, 0.25) is 0 Å². The number of carbonyl (C=O) groups is 1. The summed E-state index contributed by atoms with van der Waals surface area (Å²) < 4.78 is 0. The Morgan fingerprint density at radius 2 is 1.88 bits per heavy atom. The molecule has 0 saturated carbocycles. The molecule has 1 aliphatic heterocycles. The molecule has 2 aromatic carbocycles. The molecule has 1 amide bonds. The third kappa shape index (κ3) is 2.84. The van der Waals surface area contributed by atoms with Crippen molar-refractivity contribution >= 4 is 40.5 Å². The number of fused-ring (bicyclic) bond motifs is 1. The zero-order chi connectivity index (χ0) is 17.4. The molecule has 3 aromatic rings. The van der Waals surface area contributed by atoms with Crippen LogP contribution in [-0.4, -0.2) is 10.9 Å². The minimum atomic E-state index is -0.399. The molecule has 2 heterocycles. The van der Waals surface area contributed by atoms with Crippen molar-refractivity contribution in [2.75, 3.05) is 10.2 Å². The van der Waals surface area contributed by atoms with Gasteiger partial charge in [-0.1, -0.05) is 41.4 Å². The first-order valence-electron chi connectivity index (χ1n) is 7.69. The minimum Gasteiger partial charge on any atom is -0.360 e. The topological polar surface area (TPSA) is 45.2 Å². The van der Waals surface area contributed by atoms with Crippen LogP contribution in [0.15, 0.2) is 67.0 Å². The average Bonchev–Trinajstić information content (AvgIpc) is 2.91. The van der Waals surface area contributed by atoms with Crippen LogP contribution < -0.4 is 10.2 Å². The molecule has 25 heavy (non-hydrogen) atoms. The Balaban J connectivity index is 1.81. The predicted octanol–water partition coefficient (Wildman–Crippen LogP) is 5.16. The first-order chi connectivity index (χ1) is 12.1. The van der Waals surface area contributed by atoms with Crippen LogP contribution in [0.4, 0.5) is 11.4 Å². The lowest BCUT2D eigenvalue weighted by molar-refractivity contribution is 0.0993. The number of amides is 1. The van der Waals surface area contributed by atoms with Crippen LogP contribution in [0.2, 0.25) is 10.0 Å². The van der Waals surface area contributed by atoms with E-state index in [9.17, 15) is 4.79 Å². The molecular weight excluding hydrogens is 357 g/mol. The van der Waals surface area contributed by atoms with Crippen molar-refractivity contribution in [2.45, 2.75) is 6.17 Å². The summed E-state index contributed by atoms with van der Waals surface area (Å²) in [5.74, 6) is -0.0840. The molecule has 4 rings (SSSR count). The van der Waals surface area contributed by atoms with E-state index in [0.717, 1.165) is 5.56 Å². The molecule has 0 saturated heterocycles. The Morgan fingerprint density at radius 1 is 1.04 bits per heavy atom. The van der Waals surface area contributed by atoms with Gasteiger partial charge in [0.25, 0.3) is 5.91 Å². The lowest BCUT2D eigenvalue weighted by atomic mass is 10.1. The lowest BCUT2D eigenvalue weighted by Crippen LogP contribution is -2.32. The Hall–Kier alpha value is -2.56. The number of halogens is 2. The summed E-state index contributed by atoms with van der Waals surface area (Å²) in [6.07, 6.45) is 2.94. The number of nitrogens with one attached hydrogen (secondary N) is 1. The summed E-state index contributed by atoms with van der Waals surface area (Å²) in [4.78, 5) is 18.8. The van der Waals surface area contributed by atoms with Crippen LogP contribution in [0, 0.1) is 0 Å². The van der Waals surface area contributed by atoms with Crippen molar-refractivity contribution in [1.82, 2.24) is 4.98 Å². The molecule has 4 nitrogen and oxygen atoms in total. The van der Waals surface area contributed by atoms with Gasteiger partial charge in [-0.25, -0.2) is 0 Å². The maximum absolute atomic E-state index is 12.9. The maximum atomic E-state index is 12.9. The van der Waals surface area contributed by atoms with E-state index < -0.39 is 6.17 Å². The molecule has 0 aliphatic carbocycles. The van der Waals surface area contributed by atoms with Crippen LogP contribution in [-0.2, 0) is 0 Å². The normalized spacial score (nSPS) is 16.0. The molecule has 0 radical (unpaired) electrons. The van der Waals surface area contributed by atoms with E-state index >= 15 is 0 Å².